The van der Waals surface area contributed by atoms with Crippen molar-refractivity contribution in [2.75, 3.05) is 24.9 Å². The zero-order chi connectivity index (χ0) is 22.4. The highest BCUT2D eigenvalue weighted by molar-refractivity contribution is 7.92. The Bertz CT molecular complexity index is 1080. The third kappa shape index (κ3) is 5.40. The van der Waals surface area contributed by atoms with Gasteiger partial charge in [0.25, 0.3) is 15.9 Å². The highest BCUT2D eigenvalue weighted by Gasteiger charge is 2.28. The first-order valence-electron chi connectivity index (χ1n) is 9.69. The van der Waals surface area contributed by atoms with Gasteiger partial charge in [0.2, 0.25) is 11.8 Å². The van der Waals surface area contributed by atoms with E-state index in [9.17, 15) is 22.8 Å². The lowest BCUT2D eigenvalue weighted by Gasteiger charge is -2.14. The third-order valence-electron chi connectivity index (χ3n) is 4.76. The lowest BCUT2D eigenvalue weighted by Crippen LogP contribution is -2.33. The Morgan fingerprint density at radius 3 is 2.48 bits per heavy atom. The first kappa shape index (κ1) is 22.3. The molecule has 10 heteroatoms. The average Bonchev–Trinajstić information content (AvgIpc) is 3.08. The number of benzene rings is 2. The number of ether oxygens (including phenoxy) is 1. The van der Waals surface area contributed by atoms with Crippen molar-refractivity contribution >= 4 is 33.4 Å². The Morgan fingerprint density at radius 2 is 1.77 bits per heavy atom. The van der Waals surface area contributed by atoms with Gasteiger partial charge in [-0.25, -0.2) is 8.42 Å². The summed E-state index contributed by atoms with van der Waals surface area (Å²) in [5.41, 5.74) is 0.460. The smallest absolute Gasteiger partial charge is 0.262 e. The van der Waals surface area contributed by atoms with Crippen LogP contribution in [0.15, 0.2) is 53.4 Å². The van der Waals surface area contributed by atoms with Crippen molar-refractivity contribution in [3.63, 3.8) is 0 Å². The summed E-state index contributed by atoms with van der Waals surface area (Å²) < 4.78 is 33.1. The number of imide groups is 1. The maximum Gasteiger partial charge on any atom is 0.262 e. The molecular formula is C21H23N3O6S. The molecule has 3 rings (SSSR count). The van der Waals surface area contributed by atoms with Crippen LogP contribution in [0.1, 0.15) is 29.6 Å². The summed E-state index contributed by atoms with van der Waals surface area (Å²) >= 11 is 0. The summed E-state index contributed by atoms with van der Waals surface area (Å²) in [6.45, 7) is 0.488. The summed E-state index contributed by atoms with van der Waals surface area (Å²) in [5, 5.41) is 2.68. The number of nitrogens with one attached hydrogen (secondary N) is 2. The number of likely N-dealkylation sites (tertiary alicyclic amines) is 1. The molecule has 2 N–H and O–H groups in total. The number of hydrogen-bond acceptors (Lipinski definition) is 6. The van der Waals surface area contributed by atoms with Gasteiger partial charge >= 0.3 is 0 Å². The summed E-state index contributed by atoms with van der Waals surface area (Å²) in [7, 11) is -2.50. The van der Waals surface area contributed by atoms with Gasteiger partial charge < -0.3 is 10.1 Å². The molecular weight excluding hydrogens is 422 g/mol. The van der Waals surface area contributed by atoms with E-state index >= 15 is 0 Å². The van der Waals surface area contributed by atoms with E-state index in [2.05, 4.69) is 10.0 Å². The van der Waals surface area contributed by atoms with E-state index in [1.807, 2.05) is 0 Å². The molecule has 1 aliphatic heterocycles. The zero-order valence-corrected chi connectivity index (χ0v) is 17.8. The summed E-state index contributed by atoms with van der Waals surface area (Å²) in [6, 6.07) is 12.2. The van der Waals surface area contributed by atoms with Crippen LogP contribution >= 0.6 is 0 Å². The molecule has 0 bridgehead atoms. The molecule has 3 amide bonds. The van der Waals surface area contributed by atoms with Crippen molar-refractivity contribution in [2.45, 2.75) is 24.2 Å². The van der Waals surface area contributed by atoms with Crippen molar-refractivity contribution in [1.29, 1.82) is 0 Å². The Hall–Kier alpha value is -3.40. The maximum absolute atomic E-state index is 12.7. The molecule has 31 heavy (non-hydrogen) atoms. The van der Waals surface area contributed by atoms with Crippen molar-refractivity contribution in [1.82, 2.24) is 10.2 Å². The van der Waals surface area contributed by atoms with Crippen LogP contribution in [0.3, 0.4) is 0 Å². The molecule has 0 unspecified atom stereocenters. The van der Waals surface area contributed by atoms with Crippen LogP contribution in [-0.4, -0.2) is 51.2 Å². The molecule has 0 saturated carbocycles. The highest BCUT2D eigenvalue weighted by atomic mass is 32.2. The van der Waals surface area contributed by atoms with E-state index in [4.69, 9.17) is 4.74 Å². The molecule has 0 atom stereocenters. The average molecular weight is 445 g/mol. The molecule has 2 aromatic rings. The van der Waals surface area contributed by atoms with E-state index in [0.29, 0.717) is 12.2 Å². The van der Waals surface area contributed by atoms with Crippen LogP contribution in [0.25, 0.3) is 0 Å². The lowest BCUT2D eigenvalue weighted by molar-refractivity contribution is -0.138. The van der Waals surface area contributed by atoms with Gasteiger partial charge in [-0.15, -0.1) is 0 Å². The number of hydrogen-bond donors (Lipinski definition) is 2. The normalized spacial score (nSPS) is 13.9. The number of amides is 3. The highest BCUT2D eigenvalue weighted by Crippen LogP contribution is 2.26. The van der Waals surface area contributed by atoms with Gasteiger partial charge in [-0.05, 0) is 36.8 Å². The Balaban J connectivity index is 1.61. The molecule has 1 saturated heterocycles. The van der Waals surface area contributed by atoms with Crippen LogP contribution in [-0.2, 0) is 19.6 Å². The first-order valence-corrected chi connectivity index (χ1v) is 11.2. The standard InChI is InChI=1S/C21H23N3O6S/c1-30-18-9-3-2-8-17(18)23-31(28,29)16-7-4-6-15(14-16)21(27)22-12-5-13-24-19(25)10-11-20(24)26/h2-4,6-9,14,23H,5,10-13H2,1H3,(H,22,27). The molecule has 1 fully saturated rings. The summed E-state index contributed by atoms with van der Waals surface area (Å²) in [4.78, 5) is 36.7. The molecule has 2 aromatic carbocycles. The zero-order valence-electron chi connectivity index (χ0n) is 17.0. The molecule has 9 nitrogen and oxygen atoms in total. The van der Waals surface area contributed by atoms with Crippen molar-refractivity contribution in [3.8, 4) is 5.75 Å². The summed E-state index contributed by atoms with van der Waals surface area (Å²) in [6.07, 6.45) is 0.876. The minimum atomic E-state index is -3.94. The predicted molar refractivity (Wildman–Crippen MR) is 113 cm³/mol. The number of para-hydroxylation sites is 2. The number of nitrogens with zero attached hydrogens (tertiary/aromatic N) is 1. The van der Waals surface area contributed by atoms with Gasteiger partial charge in [-0.3, -0.25) is 24.0 Å². The maximum atomic E-state index is 12.7. The Morgan fingerprint density at radius 1 is 1.06 bits per heavy atom. The van der Waals surface area contributed by atoms with Crippen LogP contribution in [0.2, 0.25) is 0 Å². The Labute approximate surface area is 180 Å². The van der Waals surface area contributed by atoms with E-state index in [1.54, 1.807) is 24.3 Å². The van der Waals surface area contributed by atoms with E-state index < -0.39 is 15.9 Å². The summed E-state index contributed by atoms with van der Waals surface area (Å²) in [5.74, 6) is -0.475. The number of carbonyl (C=O) groups is 3. The second-order valence-corrected chi connectivity index (χ2v) is 8.56. The van der Waals surface area contributed by atoms with Gasteiger partial charge in [-0.1, -0.05) is 18.2 Å². The number of rotatable bonds is 9. The minimum Gasteiger partial charge on any atom is -0.495 e. The molecule has 0 aromatic heterocycles. The number of methoxy groups -OCH3 is 1. The molecule has 1 heterocycles. The van der Waals surface area contributed by atoms with Crippen LogP contribution in [0, 0.1) is 0 Å². The van der Waals surface area contributed by atoms with Gasteiger partial charge in [0.15, 0.2) is 0 Å². The van der Waals surface area contributed by atoms with Crippen molar-refractivity contribution in [2.24, 2.45) is 0 Å². The fourth-order valence-electron chi connectivity index (χ4n) is 3.15. The van der Waals surface area contributed by atoms with Crippen molar-refractivity contribution < 1.29 is 27.5 Å². The number of carbonyl (C=O) groups excluding carboxylic acids is 3. The molecule has 0 radical (unpaired) electrons. The predicted octanol–water partition coefficient (Wildman–Crippen LogP) is 1.76. The van der Waals surface area contributed by atoms with E-state index in [0.717, 1.165) is 0 Å². The van der Waals surface area contributed by atoms with Gasteiger partial charge in [0.05, 0.1) is 17.7 Å². The second kappa shape index (κ2) is 9.61. The molecule has 0 spiro atoms. The monoisotopic (exact) mass is 445 g/mol. The van der Waals surface area contributed by atoms with Gasteiger partial charge in [0.1, 0.15) is 5.75 Å². The third-order valence-corrected chi connectivity index (χ3v) is 6.12. The second-order valence-electron chi connectivity index (χ2n) is 6.88. The first-order chi connectivity index (χ1) is 14.8. The van der Waals surface area contributed by atoms with Crippen LogP contribution in [0.4, 0.5) is 5.69 Å². The fraction of sp³-hybridized carbons (Fsp3) is 0.286. The quantitative estimate of drug-likeness (QED) is 0.448. The molecule has 164 valence electrons. The van der Waals surface area contributed by atoms with Gasteiger partial charge in [0, 0.05) is 31.5 Å². The SMILES string of the molecule is COc1ccccc1NS(=O)(=O)c1cccc(C(=O)NCCCN2C(=O)CCC2=O)c1. The van der Waals surface area contributed by atoms with E-state index in [1.165, 1.54) is 36.3 Å². The minimum absolute atomic E-state index is 0.0701. The van der Waals surface area contributed by atoms with Gasteiger partial charge in [-0.2, -0.15) is 0 Å². The van der Waals surface area contributed by atoms with Crippen LogP contribution in [0.5, 0.6) is 5.75 Å². The van der Waals surface area contributed by atoms with Crippen molar-refractivity contribution in [3.05, 3.63) is 54.1 Å². The largest absolute Gasteiger partial charge is 0.495 e. The van der Waals surface area contributed by atoms with E-state index in [-0.39, 0.29) is 53.9 Å². The fourth-order valence-corrected chi connectivity index (χ4v) is 4.27. The molecule has 1 aliphatic rings. The lowest BCUT2D eigenvalue weighted by atomic mass is 10.2. The topological polar surface area (TPSA) is 122 Å². The number of anilines is 1. The van der Waals surface area contributed by atoms with Crippen LogP contribution < -0.4 is 14.8 Å². The molecule has 0 aliphatic carbocycles. The Kier molecular flexibility index (Phi) is 6.91. The number of sulfonamides is 1.